The van der Waals surface area contributed by atoms with Crippen LogP contribution in [0.3, 0.4) is 0 Å². The first-order valence-corrected chi connectivity index (χ1v) is 13.7. The fourth-order valence-corrected chi connectivity index (χ4v) is 4.85. The Hall–Kier alpha value is -2.10. The number of sulfonamides is 1. The van der Waals surface area contributed by atoms with Crippen molar-refractivity contribution in [2.75, 3.05) is 17.1 Å². The number of benzene rings is 2. The van der Waals surface area contributed by atoms with Gasteiger partial charge in [-0.25, -0.2) is 8.42 Å². The van der Waals surface area contributed by atoms with Gasteiger partial charge in [0.25, 0.3) is 0 Å². The van der Waals surface area contributed by atoms with E-state index in [4.69, 9.17) is 11.6 Å². The summed E-state index contributed by atoms with van der Waals surface area (Å²) in [4.78, 5) is 27.9. The Kier molecular flexibility index (Phi) is 9.18. The van der Waals surface area contributed by atoms with Crippen molar-refractivity contribution in [3.05, 3.63) is 63.1 Å². The minimum atomic E-state index is -3.82. The second-order valence-corrected chi connectivity index (χ2v) is 12.5. The predicted molar refractivity (Wildman–Crippen MR) is 140 cm³/mol. The highest BCUT2D eigenvalue weighted by molar-refractivity contribution is 9.10. The number of nitrogens with one attached hydrogen (secondary N) is 1. The number of carbonyl (C=O) groups is 2. The molecule has 0 saturated carbocycles. The lowest BCUT2D eigenvalue weighted by Gasteiger charge is -2.33. The zero-order valence-corrected chi connectivity index (χ0v) is 23.4. The molecule has 0 heterocycles. The summed E-state index contributed by atoms with van der Waals surface area (Å²) < 4.78 is 27.2. The van der Waals surface area contributed by atoms with E-state index in [1.807, 2.05) is 45.0 Å². The van der Waals surface area contributed by atoms with E-state index in [0.717, 1.165) is 20.6 Å². The molecule has 0 radical (unpaired) electrons. The minimum absolute atomic E-state index is 0.128. The highest BCUT2D eigenvalue weighted by Gasteiger charge is 2.31. The van der Waals surface area contributed by atoms with Gasteiger partial charge in [-0.3, -0.25) is 13.9 Å². The zero-order valence-electron chi connectivity index (χ0n) is 20.2. The van der Waals surface area contributed by atoms with E-state index in [1.54, 1.807) is 26.0 Å². The SMILES string of the molecule is Cc1ccc(Cl)cc1N(CC(=O)N(Cc1cccc(Br)c1)[C@H](C)C(=O)NC(C)(C)C)S(C)(=O)=O. The second-order valence-electron chi connectivity index (χ2n) is 9.27. The lowest BCUT2D eigenvalue weighted by molar-refractivity contribution is -0.140. The average molecular weight is 573 g/mol. The van der Waals surface area contributed by atoms with Gasteiger partial charge < -0.3 is 10.2 Å². The summed E-state index contributed by atoms with van der Waals surface area (Å²) >= 11 is 9.54. The Morgan fingerprint density at radius 2 is 1.79 bits per heavy atom. The second kappa shape index (κ2) is 11.1. The summed E-state index contributed by atoms with van der Waals surface area (Å²) in [6.07, 6.45) is 1.04. The Bertz CT molecular complexity index is 1170. The fraction of sp³-hybridized carbons (Fsp3) is 0.417. The van der Waals surface area contributed by atoms with Crippen LogP contribution in [0.4, 0.5) is 5.69 Å². The molecule has 0 aliphatic heterocycles. The molecule has 1 atom stereocenters. The maximum absolute atomic E-state index is 13.6. The van der Waals surface area contributed by atoms with E-state index in [2.05, 4.69) is 21.2 Å². The molecule has 2 amide bonds. The number of aryl methyl sites for hydroxylation is 1. The summed E-state index contributed by atoms with van der Waals surface area (Å²) in [7, 11) is -3.82. The van der Waals surface area contributed by atoms with E-state index >= 15 is 0 Å². The normalized spacial score (nSPS) is 12.7. The maximum atomic E-state index is 13.6. The molecule has 0 fully saturated rings. The van der Waals surface area contributed by atoms with Gasteiger partial charge in [-0.2, -0.15) is 0 Å². The number of hydrogen-bond acceptors (Lipinski definition) is 4. The van der Waals surface area contributed by atoms with Crippen LogP contribution in [0.25, 0.3) is 0 Å². The number of halogens is 2. The van der Waals surface area contributed by atoms with Crippen LogP contribution < -0.4 is 9.62 Å². The molecule has 7 nitrogen and oxygen atoms in total. The van der Waals surface area contributed by atoms with Crippen molar-refractivity contribution in [3.63, 3.8) is 0 Å². The van der Waals surface area contributed by atoms with Crippen LogP contribution in [-0.2, 0) is 26.2 Å². The molecule has 0 aliphatic carbocycles. The third-order valence-electron chi connectivity index (χ3n) is 5.03. The first-order chi connectivity index (χ1) is 15.6. The Labute approximate surface area is 215 Å². The van der Waals surface area contributed by atoms with Crippen molar-refractivity contribution in [2.24, 2.45) is 0 Å². The molecule has 2 rings (SSSR count). The van der Waals surface area contributed by atoms with Gasteiger partial charge in [-0.1, -0.05) is 45.7 Å². The molecule has 0 spiro atoms. The molecule has 2 aromatic carbocycles. The van der Waals surface area contributed by atoms with Crippen LogP contribution in [0.5, 0.6) is 0 Å². The van der Waals surface area contributed by atoms with Gasteiger partial charge in [0, 0.05) is 21.6 Å². The van der Waals surface area contributed by atoms with Gasteiger partial charge in [0.05, 0.1) is 11.9 Å². The van der Waals surface area contributed by atoms with E-state index in [1.165, 1.54) is 11.0 Å². The molecule has 0 unspecified atom stereocenters. The van der Waals surface area contributed by atoms with Gasteiger partial charge in [0.15, 0.2) is 0 Å². The van der Waals surface area contributed by atoms with Crippen molar-refractivity contribution in [3.8, 4) is 0 Å². The first-order valence-electron chi connectivity index (χ1n) is 10.7. The number of rotatable bonds is 8. The number of carbonyl (C=O) groups excluding carboxylic acids is 2. The van der Waals surface area contributed by atoms with Crippen molar-refractivity contribution in [1.29, 1.82) is 0 Å². The third kappa shape index (κ3) is 7.99. The molecule has 0 bridgehead atoms. The van der Waals surface area contributed by atoms with Crippen LogP contribution in [0.15, 0.2) is 46.9 Å². The molecule has 10 heteroatoms. The van der Waals surface area contributed by atoms with Gasteiger partial charge in [0.1, 0.15) is 12.6 Å². The zero-order chi connectivity index (χ0) is 25.8. The monoisotopic (exact) mass is 571 g/mol. The Morgan fingerprint density at radius 3 is 2.35 bits per heavy atom. The molecule has 2 aromatic rings. The molecular weight excluding hydrogens is 542 g/mol. The summed E-state index contributed by atoms with van der Waals surface area (Å²) in [5, 5.41) is 3.24. The highest BCUT2D eigenvalue weighted by Crippen LogP contribution is 2.27. The highest BCUT2D eigenvalue weighted by atomic mass is 79.9. The van der Waals surface area contributed by atoms with Gasteiger partial charge in [-0.05, 0) is 70.0 Å². The van der Waals surface area contributed by atoms with E-state index < -0.39 is 34.1 Å². The van der Waals surface area contributed by atoms with Gasteiger partial charge in [-0.15, -0.1) is 0 Å². The molecule has 0 saturated heterocycles. The van der Waals surface area contributed by atoms with Crippen LogP contribution in [-0.4, -0.2) is 49.5 Å². The van der Waals surface area contributed by atoms with Crippen molar-refractivity contribution in [1.82, 2.24) is 10.2 Å². The lowest BCUT2D eigenvalue weighted by atomic mass is 10.1. The van der Waals surface area contributed by atoms with Crippen LogP contribution in [0.2, 0.25) is 5.02 Å². The van der Waals surface area contributed by atoms with Crippen LogP contribution in [0, 0.1) is 6.92 Å². The largest absolute Gasteiger partial charge is 0.350 e. The number of hydrogen-bond donors (Lipinski definition) is 1. The summed E-state index contributed by atoms with van der Waals surface area (Å²) in [6, 6.07) is 11.4. The number of amides is 2. The van der Waals surface area contributed by atoms with Crippen molar-refractivity contribution < 1.29 is 18.0 Å². The number of nitrogens with zero attached hydrogens (tertiary/aromatic N) is 2. The quantitative estimate of drug-likeness (QED) is 0.504. The standard InChI is InChI=1S/C24H31BrClN3O4S/c1-16-10-11-20(26)13-21(16)29(34(6,32)33)15-22(30)28(14-18-8-7-9-19(25)12-18)17(2)23(31)27-24(3,4)5/h7-13,17H,14-15H2,1-6H3,(H,27,31)/t17-/m1/s1. The van der Waals surface area contributed by atoms with Crippen LogP contribution in [0.1, 0.15) is 38.8 Å². The van der Waals surface area contributed by atoms with E-state index in [0.29, 0.717) is 16.3 Å². The third-order valence-corrected chi connectivity index (χ3v) is 6.88. The van der Waals surface area contributed by atoms with Crippen LogP contribution >= 0.6 is 27.5 Å². The lowest BCUT2D eigenvalue weighted by Crippen LogP contribution is -2.54. The van der Waals surface area contributed by atoms with Gasteiger partial charge in [0.2, 0.25) is 21.8 Å². The Balaban J connectivity index is 2.45. The minimum Gasteiger partial charge on any atom is -0.350 e. The van der Waals surface area contributed by atoms with Crippen molar-refractivity contribution >= 4 is 55.1 Å². The van der Waals surface area contributed by atoms with E-state index in [9.17, 15) is 18.0 Å². The first kappa shape index (κ1) is 28.1. The fourth-order valence-electron chi connectivity index (χ4n) is 3.33. The molecule has 0 aliphatic rings. The summed E-state index contributed by atoms with van der Waals surface area (Å²) in [6.45, 7) is 8.59. The molecule has 1 N–H and O–H groups in total. The Morgan fingerprint density at radius 1 is 1.15 bits per heavy atom. The smallest absolute Gasteiger partial charge is 0.244 e. The summed E-state index contributed by atoms with van der Waals surface area (Å²) in [5.41, 5.74) is 1.27. The predicted octanol–water partition coefficient (Wildman–Crippen LogP) is 4.51. The van der Waals surface area contributed by atoms with E-state index in [-0.39, 0.29) is 12.5 Å². The molecule has 34 heavy (non-hydrogen) atoms. The molecule has 0 aromatic heterocycles. The topological polar surface area (TPSA) is 86.8 Å². The maximum Gasteiger partial charge on any atom is 0.244 e. The van der Waals surface area contributed by atoms with Gasteiger partial charge >= 0.3 is 0 Å². The number of anilines is 1. The van der Waals surface area contributed by atoms with Crippen molar-refractivity contribution in [2.45, 2.75) is 52.7 Å². The average Bonchev–Trinajstić information content (AvgIpc) is 2.69. The molecule has 186 valence electrons. The molecular formula is C24H31BrClN3O4S. The summed E-state index contributed by atoms with van der Waals surface area (Å²) in [5.74, 6) is -0.845.